The predicted octanol–water partition coefficient (Wildman–Crippen LogP) is 6.81. The number of hydrogen-bond donors (Lipinski definition) is 0. The van der Waals surface area contributed by atoms with Crippen LogP contribution in [0.25, 0.3) is 16.7 Å². The summed E-state index contributed by atoms with van der Waals surface area (Å²) in [6.45, 7) is 9.67. The molecule has 0 radical (unpaired) electrons. The number of carbonyl (C=O) groups excluding carboxylic acids is 1. The fourth-order valence-electron chi connectivity index (χ4n) is 3.71. The lowest BCUT2D eigenvalue weighted by Gasteiger charge is -2.14. The molecule has 3 nitrogen and oxygen atoms in total. The normalized spacial score (nSPS) is 11.5. The maximum atomic E-state index is 14.4. The van der Waals surface area contributed by atoms with Crippen molar-refractivity contribution in [2.75, 3.05) is 13.7 Å². The van der Waals surface area contributed by atoms with Crippen molar-refractivity contribution in [1.29, 1.82) is 0 Å². The molecule has 0 amide bonds. The summed E-state index contributed by atoms with van der Waals surface area (Å²) in [7, 11) is 1.65. The van der Waals surface area contributed by atoms with Gasteiger partial charge < -0.3 is 4.74 Å². The van der Waals surface area contributed by atoms with Gasteiger partial charge in [0.25, 0.3) is 0 Å². The summed E-state index contributed by atoms with van der Waals surface area (Å²) in [5.41, 5.74) is 6.16. The third-order valence-corrected chi connectivity index (χ3v) is 5.58. The van der Waals surface area contributed by atoms with Gasteiger partial charge in [-0.25, -0.2) is 8.78 Å². The Balaban J connectivity index is 1.86. The molecule has 0 aliphatic carbocycles. The van der Waals surface area contributed by atoms with Gasteiger partial charge in [0, 0.05) is 18.4 Å². The van der Waals surface area contributed by atoms with Gasteiger partial charge in [-0.3, -0.25) is 9.79 Å². The summed E-state index contributed by atoms with van der Waals surface area (Å²) < 4.78 is 34.0. The van der Waals surface area contributed by atoms with E-state index in [1.54, 1.807) is 14.0 Å². The summed E-state index contributed by atoms with van der Waals surface area (Å²) in [6, 6.07) is 16.2. The highest BCUT2D eigenvalue weighted by Crippen LogP contribution is 2.30. The van der Waals surface area contributed by atoms with Crippen molar-refractivity contribution < 1.29 is 18.3 Å². The summed E-state index contributed by atoms with van der Waals surface area (Å²) in [5.74, 6) is -1.97. The molecule has 3 aromatic carbocycles. The fourth-order valence-corrected chi connectivity index (χ4v) is 3.71. The average molecular weight is 448 g/mol. The van der Waals surface area contributed by atoms with E-state index in [0.717, 1.165) is 40.0 Å². The molecule has 0 bridgehead atoms. The molecule has 0 saturated heterocycles. The molecule has 0 saturated carbocycles. The number of Topliss-reactive ketones (excluding diaryl/α,β-unsaturated/α-hetero) is 1. The van der Waals surface area contributed by atoms with Crippen LogP contribution in [0.5, 0.6) is 0 Å². The second-order valence-electron chi connectivity index (χ2n) is 7.99. The number of aryl methyl sites for hydroxylation is 1. The highest BCUT2D eigenvalue weighted by atomic mass is 19.1. The molecular weight excluding hydrogens is 420 g/mol. The molecule has 0 aliphatic heterocycles. The lowest BCUT2D eigenvalue weighted by molar-refractivity contribution is 0.101. The first-order chi connectivity index (χ1) is 15.7. The van der Waals surface area contributed by atoms with Crippen molar-refractivity contribution in [2.45, 2.75) is 27.4 Å². The van der Waals surface area contributed by atoms with Gasteiger partial charge in [0.1, 0.15) is 11.6 Å². The van der Waals surface area contributed by atoms with Crippen LogP contribution in [0, 0.1) is 18.6 Å². The first-order valence-electron chi connectivity index (χ1n) is 10.6. The number of ketones is 1. The van der Waals surface area contributed by atoms with E-state index < -0.39 is 17.4 Å². The number of halogens is 2. The topological polar surface area (TPSA) is 38.7 Å². The fraction of sp³-hybridized carbons (Fsp3) is 0.214. The van der Waals surface area contributed by atoms with Gasteiger partial charge in [0.05, 0.1) is 18.7 Å². The van der Waals surface area contributed by atoms with E-state index in [0.29, 0.717) is 12.3 Å². The number of benzene rings is 3. The molecule has 0 heterocycles. The Kier molecular flexibility index (Phi) is 7.67. The molecule has 0 N–H and O–H groups in total. The summed E-state index contributed by atoms with van der Waals surface area (Å²) in [5, 5.41) is 0. The Morgan fingerprint density at radius 1 is 0.970 bits per heavy atom. The number of aliphatic imine (C=N–C) groups is 1. The molecule has 0 fully saturated rings. The molecular formula is C28H27F2NO2. The Hall–Kier alpha value is -3.44. The zero-order valence-electron chi connectivity index (χ0n) is 19.3. The molecule has 33 heavy (non-hydrogen) atoms. The minimum atomic E-state index is -0.761. The van der Waals surface area contributed by atoms with Crippen molar-refractivity contribution in [2.24, 2.45) is 4.99 Å². The van der Waals surface area contributed by atoms with E-state index in [4.69, 9.17) is 4.74 Å². The lowest BCUT2D eigenvalue weighted by Crippen LogP contribution is -2.06. The zero-order valence-corrected chi connectivity index (χ0v) is 19.3. The Bertz CT molecular complexity index is 1240. The second-order valence-corrected chi connectivity index (χ2v) is 7.99. The highest BCUT2D eigenvalue weighted by Gasteiger charge is 2.15. The SMILES string of the molecule is C=C(C/N=C(\C)c1cc(F)c(C(C)=O)cc1F)c1ccc(-c2ccccc2C)c(COC)c1. The van der Waals surface area contributed by atoms with E-state index in [-0.39, 0.29) is 17.7 Å². The van der Waals surface area contributed by atoms with Crippen molar-refractivity contribution >= 4 is 17.1 Å². The molecule has 5 heteroatoms. The van der Waals surface area contributed by atoms with Crippen molar-refractivity contribution in [3.05, 3.63) is 101 Å². The van der Waals surface area contributed by atoms with E-state index in [9.17, 15) is 13.6 Å². The standard InChI is InChI=1S/C28H27F2NO2/c1-17-8-6-7-9-23(17)24-11-10-21(12-22(24)16-33-5)18(2)15-31-19(3)25-13-28(30)26(20(4)32)14-27(25)29/h6-14H,2,15-16H2,1,3-5H3/b31-19+. The third-order valence-electron chi connectivity index (χ3n) is 5.58. The third kappa shape index (κ3) is 5.49. The largest absolute Gasteiger partial charge is 0.380 e. The van der Waals surface area contributed by atoms with Crippen LogP contribution in [0.15, 0.2) is 66.2 Å². The molecule has 0 aliphatic rings. The Morgan fingerprint density at radius 2 is 1.64 bits per heavy atom. The molecule has 3 aromatic rings. The Morgan fingerprint density at radius 3 is 2.30 bits per heavy atom. The number of hydrogen-bond acceptors (Lipinski definition) is 3. The van der Waals surface area contributed by atoms with Crippen LogP contribution < -0.4 is 0 Å². The van der Waals surface area contributed by atoms with Crippen molar-refractivity contribution in [3.63, 3.8) is 0 Å². The van der Waals surface area contributed by atoms with Gasteiger partial charge in [-0.15, -0.1) is 0 Å². The Labute approximate surface area is 193 Å². The van der Waals surface area contributed by atoms with Gasteiger partial charge >= 0.3 is 0 Å². The average Bonchev–Trinajstić information content (AvgIpc) is 2.79. The van der Waals surface area contributed by atoms with Crippen molar-refractivity contribution in [1.82, 2.24) is 0 Å². The number of ether oxygens (including phenoxy) is 1. The van der Waals surface area contributed by atoms with E-state index in [2.05, 4.69) is 30.6 Å². The van der Waals surface area contributed by atoms with Crippen LogP contribution in [-0.4, -0.2) is 25.1 Å². The second kappa shape index (κ2) is 10.5. The molecule has 0 unspecified atom stereocenters. The number of methoxy groups -OCH3 is 1. The molecule has 0 atom stereocenters. The van der Waals surface area contributed by atoms with Crippen LogP contribution in [0.1, 0.15) is 46.5 Å². The van der Waals surface area contributed by atoms with E-state index >= 15 is 0 Å². The minimum absolute atomic E-state index is 0.0280. The maximum absolute atomic E-state index is 14.4. The molecule has 3 rings (SSSR count). The molecule has 170 valence electrons. The predicted molar refractivity (Wildman–Crippen MR) is 130 cm³/mol. The van der Waals surface area contributed by atoms with E-state index in [1.807, 2.05) is 30.3 Å². The van der Waals surface area contributed by atoms with Crippen molar-refractivity contribution in [3.8, 4) is 11.1 Å². The lowest BCUT2D eigenvalue weighted by atomic mass is 9.93. The smallest absolute Gasteiger partial charge is 0.162 e. The number of rotatable bonds is 8. The number of carbonyl (C=O) groups is 1. The first-order valence-corrected chi connectivity index (χ1v) is 10.6. The van der Waals surface area contributed by atoms with Gasteiger partial charge in [0.15, 0.2) is 5.78 Å². The van der Waals surface area contributed by atoms with Gasteiger partial charge in [-0.1, -0.05) is 43.0 Å². The number of nitrogens with zero attached hydrogens (tertiary/aromatic N) is 1. The van der Waals surface area contributed by atoms with Crippen LogP contribution in [0.2, 0.25) is 0 Å². The van der Waals surface area contributed by atoms with Crippen LogP contribution in [0.3, 0.4) is 0 Å². The first kappa shape index (κ1) is 24.2. The van der Waals surface area contributed by atoms with Gasteiger partial charge in [-0.2, -0.15) is 0 Å². The quantitative estimate of drug-likeness (QED) is 0.281. The van der Waals surface area contributed by atoms with Crippen LogP contribution >= 0.6 is 0 Å². The minimum Gasteiger partial charge on any atom is -0.380 e. The van der Waals surface area contributed by atoms with E-state index in [1.165, 1.54) is 12.5 Å². The summed E-state index contributed by atoms with van der Waals surface area (Å²) in [6.07, 6.45) is 0. The summed E-state index contributed by atoms with van der Waals surface area (Å²) >= 11 is 0. The van der Waals surface area contributed by atoms with Crippen LogP contribution in [0.4, 0.5) is 8.78 Å². The maximum Gasteiger partial charge on any atom is 0.162 e. The molecule has 0 spiro atoms. The van der Waals surface area contributed by atoms with Crippen LogP contribution in [-0.2, 0) is 11.3 Å². The highest BCUT2D eigenvalue weighted by molar-refractivity contribution is 6.01. The van der Waals surface area contributed by atoms with Gasteiger partial charge in [-0.05, 0) is 72.4 Å². The molecule has 0 aromatic heterocycles. The monoisotopic (exact) mass is 447 g/mol. The zero-order chi connectivity index (χ0) is 24.1. The van der Waals surface area contributed by atoms with Gasteiger partial charge in [0.2, 0.25) is 0 Å². The summed E-state index contributed by atoms with van der Waals surface area (Å²) in [4.78, 5) is 15.8.